The van der Waals surface area contributed by atoms with Gasteiger partial charge in [0.25, 0.3) is 0 Å². The lowest BCUT2D eigenvalue weighted by Crippen LogP contribution is -2.21. The molecule has 3 heteroatoms. The van der Waals surface area contributed by atoms with Gasteiger partial charge in [0.05, 0.1) is 7.11 Å². The number of fused-ring (bicyclic) bond motifs is 3. The van der Waals surface area contributed by atoms with Crippen LogP contribution in [0.3, 0.4) is 0 Å². The molecule has 4 rings (SSSR count). The largest absolute Gasteiger partial charge is 0.497 e. The number of ether oxygens (including phenoxy) is 1. The number of hydrogen-bond donors (Lipinski definition) is 0. The monoisotopic (exact) mass is 321 g/mol. The molecule has 2 aromatic rings. The van der Waals surface area contributed by atoms with Gasteiger partial charge in [0.1, 0.15) is 5.75 Å². The number of benzene rings is 2. The van der Waals surface area contributed by atoms with Crippen LogP contribution < -0.4 is 4.74 Å². The lowest BCUT2D eigenvalue weighted by molar-refractivity contribution is 0.0977. The van der Waals surface area contributed by atoms with Crippen molar-refractivity contribution in [2.24, 2.45) is 5.92 Å². The van der Waals surface area contributed by atoms with Crippen LogP contribution in [-0.4, -0.2) is 30.9 Å². The molecule has 124 valence electrons. The third-order valence-electron chi connectivity index (χ3n) is 5.47. The highest BCUT2D eigenvalue weighted by Gasteiger charge is 2.38. The third-order valence-corrected chi connectivity index (χ3v) is 5.47. The van der Waals surface area contributed by atoms with Crippen molar-refractivity contribution in [1.82, 2.24) is 4.90 Å². The van der Waals surface area contributed by atoms with Crippen molar-refractivity contribution < 1.29 is 9.53 Å². The molecule has 0 radical (unpaired) electrons. The Hall–Kier alpha value is -2.13. The minimum atomic E-state index is 0.289. The van der Waals surface area contributed by atoms with E-state index in [0.29, 0.717) is 18.3 Å². The van der Waals surface area contributed by atoms with Gasteiger partial charge in [-0.15, -0.1) is 0 Å². The Balaban J connectivity index is 1.61. The van der Waals surface area contributed by atoms with Crippen molar-refractivity contribution in [3.8, 4) is 5.75 Å². The summed E-state index contributed by atoms with van der Waals surface area (Å²) in [6.45, 7) is 3.08. The molecule has 0 saturated carbocycles. The highest BCUT2D eigenvalue weighted by Crippen LogP contribution is 2.41. The minimum Gasteiger partial charge on any atom is -0.497 e. The van der Waals surface area contributed by atoms with Crippen molar-refractivity contribution in [2.75, 3.05) is 20.2 Å². The number of carbonyl (C=O) groups excluding carboxylic acids is 1. The molecule has 1 aliphatic carbocycles. The number of carbonyl (C=O) groups is 1. The molecule has 1 aliphatic heterocycles. The molecule has 2 atom stereocenters. The Bertz CT molecular complexity index is 741. The fourth-order valence-corrected chi connectivity index (χ4v) is 4.26. The van der Waals surface area contributed by atoms with Crippen LogP contribution in [0.4, 0.5) is 0 Å². The minimum absolute atomic E-state index is 0.289. The zero-order chi connectivity index (χ0) is 16.5. The predicted molar refractivity (Wildman–Crippen MR) is 94.5 cm³/mol. The van der Waals surface area contributed by atoms with E-state index in [4.69, 9.17) is 4.74 Å². The lowest BCUT2D eigenvalue weighted by Gasteiger charge is -2.18. The van der Waals surface area contributed by atoms with Gasteiger partial charge in [-0.1, -0.05) is 30.3 Å². The van der Waals surface area contributed by atoms with Crippen LogP contribution in [0, 0.1) is 5.92 Å². The van der Waals surface area contributed by atoms with Gasteiger partial charge in [-0.25, -0.2) is 0 Å². The second-order valence-corrected chi connectivity index (χ2v) is 6.96. The molecule has 1 heterocycles. The van der Waals surface area contributed by atoms with E-state index < -0.39 is 0 Å². The number of methoxy groups -OCH3 is 1. The molecule has 2 aromatic carbocycles. The van der Waals surface area contributed by atoms with Crippen molar-refractivity contribution in [2.45, 2.75) is 25.3 Å². The van der Waals surface area contributed by atoms with Gasteiger partial charge in [-0.05, 0) is 41.7 Å². The van der Waals surface area contributed by atoms with E-state index in [-0.39, 0.29) is 5.78 Å². The SMILES string of the molecule is COc1ccc2c(c1)[C@H]1CN(Cc3ccccc3)C[C@@H]1CCC2=O. The van der Waals surface area contributed by atoms with E-state index in [0.717, 1.165) is 37.4 Å². The van der Waals surface area contributed by atoms with Gasteiger partial charge in [0, 0.05) is 37.5 Å². The quantitative estimate of drug-likeness (QED) is 0.859. The van der Waals surface area contributed by atoms with Crippen molar-refractivity contribution in [1.29, 1.82) is 0 Å². The molecule has 0 spiro atoms. The Labute approximate surface area is 143 Å². The van der Waals surface area contributed by atoms with Crippen molar-refractivity contribution in [3.63, 3.8) is 0 Å². The molecular weight excluding hydrogens is 298 g/mol. The standard InChI is InChI=1S/C21H23NO2/c1-24-17-8-9-18-19(11-17)20-14-22(12-15-5-3-2-4-6-15)13-16(20)7-10-21(18)23/h2-6,8-9,11,16,20H,7,10,12-14H2,1H3/t16-,20-/m0/s1. The molecule has 2 aliphatic rings. The molecule has 1 fully saturated rings. The van der Waals surface area contributed by atoms with Crippen molar-refractivity contribution >= 4 is 5.78 Å². The Kier molecular flexibility index (Phi) is 4.11. The fraction of sp³-hybridized carbons (Fsp3) is 0.381. The first kappa shape index (κ1) is 15.4. The number of likely N-dealkylation sites (tertiary alicyclic amines) is 1. The fourth-order valence-electron chi connectivity index (χ4n) is 4.26. The summed E-state index contributed by atoms with van der Waals surface area (Å²) in [4.78, 5) is 15.0. The maximum Gasteiger partial charge on any atom is 0.163 e. The maximum absolute atomic E-state index is 12.5. The molecule has 0 amide bonds. The van der Waals surface area contributed by atoms with Gasteiger partial charge in [0.2, 0.25) is 0 Å². The van der Waals surface area contributed by atoms with E-state index in [1.54, 1.807) is 7.11 Å². The summed E-state index contributed by atoms with van der Waals surface area (Å²) in [7, 11) is 1.69. The zero-order valence-corrected chi connectivity index (χ0v) is 14.1. The average molecular weight is 321 g/mol. The molecular formula is C21H23NO2. The maximum atomic E-state index is 12.5. The zero-order valence-electron chi connectivity index (χ0n) is 14.1. The van der Waals surface area contributed by atoms with Crippen LogP contribution in [0.25, 0.3) is 0 Å². The number of Topliss-reactive ketones (excluding diaryl/α,β-unsaturated/α-hetero) is 1. The highest BCUT2D eigenvalue weighted by atomic mass is 16.5. The van der Waals surface area contributed by atoms with E-state index in [1.165, 1.54) is 11.1 Å². The van der Waals surface area contributed by atoms with Gasteiger partial charge < -0.3 is 4.74 Å². The predicted octanol–water partition coefficient (Wildman–Crippen LogP) is 3.89. The normalized spacial score (nSPS) is 23.5. The molecule has 0 unspecified atom stereocenters. The summed E-state index contributed by atoms with van der Waals surface area (Å²) in [5.41, 5.74) is 3.46. The summed E-state index contributed by atoms with van der Waals surface area (Å²) in [6, 6.07) is 16.6. The average Bonchev–Trinajstić information content (AvgIpc) is 2.97. The van der Waals surface area contributed by atoms with E-state index in [1.807, 2.05) is 12.1 Å². The third kappa shape index (κ3) is 2.84. The molecule has 0 bridgehead atoms. The summed E-state index contributed by atoms with van der Waals surface area (Å²) < 4.78 is 5.40. The summed E-state index contributed by atoms with van der Waals surface area (Å²) in [5, 5.41) is 0. The van der Waals surface area contributed by atoms with Crippen LogP contribution >= 0.6 is 0 Å². The molecule has 24 heavy (non-hydrogen) atoms. The molecule has 0 aromatic heterocycles. The molecule has 1 saturated heterocycles. The van der Waals surface area contributed by atoms with E-state index in [2.05, 4.69) is 41.3 Å². The first-order valence-corrected chi connectivity index (χ1v) is 8.72. The summed E-state index contributed by atoms with van der Waals surface area (Å²) >= 11 is 0. The van der Waals surface area contributed by atoms with Gasteiger partial charge >= 0.3 is 0 Å². The second-order valence-electron chi connectivity index (χ2n) is 6.96. The first-order valence-electron chi connectivity index (χ1n) is 8.72. The lowest BCUT2D eigenvalue weighted by atomic mass is 9.87. The van der Waals surface area contributed by atoms with Gasteiger partial charge in [-0.3, -0.25) is 9.69 Å². The topological polar surface area (TPSA) is 29.5 Å². The molecule has 3 nitrogen and oxygen atoms in total. The number of rotatable bonds is 3. The first-order chi connectivity index (χ1) is 11.7. The Morgan fingerprint density at radius 3 is 2.75 bits per heavy atom. The van der Waals surface area contributed by atoms with Gasteiger partial charge in [0.15, 0.2) is 5.78 Å². The smallest absolute Gasteiger partial charge is 0.163 e. The number of ketones is 1. The highest BCUT2D eigenvalue weighted by molar-refractivity contribution is 5.98. The number of hydrogen-bond acceptors (Lipinski definition) is 3. The van der Waals surface area contributed by atoms with E-state index >= 15 is 0 Å². The Morgan fingerprint density at radius 2 is 1.96 bits per heavy atom. The Morgan fingerprint density at radius 1 is 1.12 bits per heavy atom. The summed E-state index contributed by atoms with van der Waals surface area (Å²) in [6.07, 6.45) is 1.66. The van der Waals surface area contributed by atoms with Crippen LogP contribution in [-0.2, 0) is 6.54 Å². The second kappa shape index (κ2) is 6.40. The molecule has 0 N–H and O–H groups in total. The van der Waals surface area contributed by atoms with Crippen LogP contribution in [0.5, 0.6) is 5.75 Å². The van der Waals surface area contributed by atoms with Crippen LogP contribution in [0.1, 0.15) is 40.2 Å². The number of nitrogens with zero attached hydrogens (tertiary/aromatic N) is 1. The van der Waals surface area contributed by atoms with E-state index in [9.17, 15) is 4.79 Å². The summed E-state index contributed by atoms with van der Waals surface area (Å²) in [5.74, 6) is 2.14. The van der Waals surface area contributed by atoms with Gasteiger partial charge in [-0.2, -0.15) is 0 Å². The van der Waals surface area contributed by atoms with Crippen LogP contribution in [0.2, 0.25) is 0 Å². The van der Waals surface area contributed by atoms with Crippen LogP contribution in [0.15, 0.2) is 48.5 Å². The van der Waals surface area contributed by atoms with Crippen molar-refractivity contribution in [3.05, 3.63) is 65.2 Å².